The van der Waals surface area contributed by atoms with Crippen LogP contribution in [0.4, 0.5) is 4.79 Å². The predicted octanol–water partition coefficient (Wildman–Crippen LogP) is 2.78. The lowest BCUT2D eigenvalue weighted by molar-refractivity contribution is -0.137. The van der Waals surface area contributed by atoms with Crippen LogP contribution in [0.25, 0.3) is 0 Å². The highest BCUT2D eigenvalue weighted by atomic mass is 16.2. The number of aryl methyl sites for hydroxylation is 2. The molecule has 6 heteroatoms. The second-order valence-corrected chi connectivity index (χ2v) is 7.73. The van der Waals surface area contributed by atoms with Gasteiger partial charge >= 0.3 is 6.03 Å². The largest absolute Gasteiger partial charge is 0.327 e. The minimum Gasteiger partial charge on any atom is -0.315 e. The highest BCUT2D eigenvalue weighted by Gasteiger charge is 2.47. The lowest BCUT2D eigenvalue weighted by Crippen LogP contribution is -2.69. The Morgan fingerprint density at radius 1 is 1.14 bits per heavy atom. The molecule has 2 saturated heterocycles. The summed E-state index contributed by atoms with van der Waals surface area (Å²) in [7, 11) is 0. The fourth-order valence-corrected chi connectivity index (χ4v) is 4.16. The van der Waals surface area contributed by atoms with Gasteiger partial charge in [-0.1, -0.05) is 29.8 Å². The summed E-state index contributed by atoms with van der Waals surface area (Å²) in [4.78, 5) is 34.0. The zero-order valence-corrected chi connectivity index (χ0v) is 16.4. The van der Waals surface area contributed by atoms with E-state index >= 15 is 0 Å². The average Bonchev–Trinajstić information content (AvgIpc) is 2.71. The van der Waals surface area contributed by atoms with Gasteiger partial charge in [0.2, 0.25) is 5.91 Å². The Balaban J connectivity index is 1.65. The van der Waals surface area contributed by atoms with Gasteiger partial charge < -0.3 is 10.2 Å². The van der Waals surface area contributed by atoms with Crippen LogP contribution in [0.1, 0.15) is 35.2 Å². The van der Waals surface area contributed by atoms with Gasteiger partial charge in [0.15, 0.2) is 0 Å². The second kappa shape index (κ2) is 7.72. The standard InChI is InChI=1S/C22H26N4O2/c1-15-8-9-16(2)17(12-15)13-25-19-7-5-11-24-20(19)21(27)26(22(25)28)14-18-6-3-4-10-23-18/h3-4,6,8-10,12,19-20,24H,5,7,11,13-14H2,1-2H3. The average molecular weight is 378 g/mol. The van der Waals surface area contributed by atoms with Crippen molar-refractivity contribution in [3.05, 3.63) is 65.0 Å². The molecular formula is C22H26N4O2. The van der Waals surface area contributed by atoms with Gasteiger partial charge in [-0.05, 0) is 56.5 Å². The first-order valence-corrected chi connectivity index (χ1v) is 9.86. The summed E-state index contributed by atoms with van der Waals surface area (Å²) in [5, 5.41) is 3.34. The van der Waals surface area contributed by atoms with Crippen molar-refractivity contribution in [3.8, 4) is 0 Å². The van der Waals surface area contributed by atoms with Crippen molar-refractivity contribution in [2.45, 2.75) is 51.9 Å². The maximum atomic E-state index is 13.4. The minimum atomic E-state index is -0.347. The van der Waals surface area contributed by atoms with Crippen LogP contribution in [0.15, 0.2) is 42.6 Å². The Kier molecular flexibility index (Phi) is 5.13. The molecular weight excluding hydrogens is 352 g/mol. The Hall–Kier alpha value is -2.73. The van der Waals surface area contributed by atoms with Crippen LogP contribution in [-0.2, 0) is 17.9 Å². The summed E-state index contributed by atoms with van der Waals surface area (Å²) in [6, 6.07) is 11.2. The van der Waals surface area contributed by atoms with E-state index in [0.29, 0.717) is 12.2 Å². The number of carbonyl (C=O) groups is 2. The summed E-state index contributed by atoms with van der Waals surface area (Å²) < 4.78 is 0. The Morgan fingerprint density at radius 3 is 2.79 bits per heavy atom. The molecule has 2 atom stereocenters. The molecule has 1 N–H and O–H groups in total. The van der Waals surface area contributed by atoms with Gasteiger partial charge in [-0.25, -0.2) is 4.79 Å². The number of rotatable bonds is 4. The quantitative estimate of drug-likeness (QED) is 0.889. The molecule has 3 amide bonds. The number of hydrogen-bond acceptors (Lipinski definition) is 4. The van der Waals surface area contributed by atoms with Crippen molar-refractivity contribution >= 4 is 11.9 Å². The first kappa shape index (κ1) is 18.6. The number of urea groups is 1. The maximum Gasteiger partial charge on any atom is 0.327 e. The minimum absolute atomic E-state index is 0.103. The third-order valence-corrected chi connectivity index (χ3v) is 5.73. The number of benzene rings is 1. The zero-order chi connectivity index (χ0) is 19.7. The van der Waals surface area contributed by atoms with E-state index in [9.17, 15) is 9.59 Å². The molecule has 6 nitrogen and oxygen atoms in total. The van der Waals surface area contributed by atoms with Crippen molar-refractivity contribution in [1.29, 1.82) is 0 Å². The number of nitrogens with zero attached hydrogens (tertiary/aromatic N) is 3. The van der Waals surface area contributed by atoms with E-state index < -0.39 is 0 Å². The van der Waals surface area contributed by atoms with E-state index in [4.69, 9.17) is 0 Å². The van der Waals surface area contributed by atoms with Crippen molar-refractivity contribution in [2.24, 2.45) is 0 Å². The molecule has 0 spiro atoms. The van der Waals surface area contributed by atoms with Gasteiger partial charge in [-0.2, -0.15) is 0 Å². The van der Waals surface area contributed by atoms with Gasteiger partial charge in [-0.3, -0.25) is 14.7 Å². The highest BCUT2D eigenvalue weighted by Crippen LogP contribution is 2.28. The molecule has 2 fully saturated rings. The van der Waals surface area contributed by atoms with Gasteiger partial charge in [0, 0.05) is 12.7 Å². The number of carbonyl (C=O) groups excluding carboxylic acids is 2. The molecule has 2 aliphatic heterocycles. The van der Waals surface area contributed by atoms with Crippen LogP contribution in [0.2, 0.25) is 0 Å². The Bertz CT molecular complexity index is 883. The normalized spacial score (nSPS) is 22.4. The first-order chi connectivity index (χ1) is 13.5. The van der Waals surface area contributed by atoms with E-state index in [2.05, 4.69) is 42.3 Å². The van der Waals surface area contributed by atoms with Crippen molar-refractivity contribution < 1.29 is 9.59 Å². The van der Waals surface area contributed by atoms with Crippen LogP contribution in [0.5, 0.6) is 0 Å². The fourth-order valence-electron chi connectivity index (χ4n) is 4.16. The second-order valence-electron chi connectivity index (χ2n) is 7.73. The highest BCUT2D eigenvalue weighted by molar-refractivity contribution is 6.00. The summed E-state index contributed by atoms with van der Waals surface area (Å²) in [6.07, 6.45) is 3.49. The third kappa shape index (κ3) is 3.52. The number of imide groups is 1. The smallest absolute Gasteiger partial charge is 0.315 e. The van der Waals surface area contributed by atoms with E-state index in [1.807, 2.05) is 23.1 Å². The number of fused-ring (bicyclic) bond motifs is 1. The summed E-state index contributed by atoms with van der Waals surface area (Å²) in [5.41, 5.74) is 4.17. The monoisotopic (exact) mass is 378 g/mol. The van der Waals surface area contributed by atoms with Crippen LogP contribution < -0.4 is 5.32 Å². The number of amides is 3. The van der Waals surface area contributed by atoms with Crippen LogP contribution in [0, 0.1) is 13.8 Å². The van der Waals surface area contributed by atoms with Gasteiger partial charge in [0.1, 0.15) is 6.04 Å². The van der Waals surface area contributed by atoms with Crippen LogP contribution >= 0.6 is 0 Å². The van der Waals surface area contributed by atoms with Crippen LogP contribution in [0.3, 0.4) is 0 Å². The summed E-state index contributed by atoms with van der Waals surface area (Å²) in [5.74, 6) is -0.141. The number of hydrogen-bond donors (Lipinski definition) is 1. The summed E-state index contributed by atoms with van der Waals surface area (Å²) in [6.45, 7) is 5.64. The number of aromatic nitrogens is 1. The molecule has 1 aromatic heterocycles. The van der Waals surface area contributed by atoms with Crippen molar-refractivity contribution in [2.75, 3.05) is 6.54 Å². The summed E-state index contributed by atoms with van der Waals surface area (Å²) >= 11 is 0. The van der Waals surface area contributed by atoms with E-state index in [1.165, 1.54) is 10.5 Å². The van der Waals surface area contributed by atoms with Crippen LogP contribution in [-0.4, -0.2) is 45.4 Å². The topological polar surface area (TPSA) is 65.5 Å². The lowest BCUT2D eigenvalue weighted by Gasteiger charge is -2.47. The van der Waals surface area contributed by atoms with Gasteiger partial charge in [0.05, 0.1) is 18.3 Å². The molecule has 146 valence electrons. The van der Waals surface area contributed by atoms with Crippen molar-refractivity contribution in [3.63, 3.8) is 0 Å². The molecule has 0 saturated carbocycles. The SMILES string of the molecule is Cc1ccc(C)c(CN2C(=O)N(Cc3ccccn3)C(=O)C3NCCCC32)c1. The lowest BCUT2D eigenvalue weighted by atomic mass is 9.92. The molecule has 3 heterocycles. The number of nitrogens with one attached hydrogen (secondary N) is 1. The molecule has 28 heavy (non-hydrogen) atoms. The Labute approximate surface area is 165 Å². The molecule has 2 aliphatic rings. The van der Waals surface area contributed by atoms with Crippen molar-refractivity contribution in [1.82, 2.24) is 20.1 Å². The molecule has 0 aliphatic carbocycles. The predicted molar refractivity (Wildman–Crippen MR) is 106 cm³/mol. The molecule has 4 rings (SSSR count). The number of pyridine rings is 1. The first-order valence-electron chi connectivity index (χ1n) is 9.86. The number of piperidine rings is 1. The third-order valence-electron chi connectivity index (χ3n) is 5.73. The zero-order valence-electron chi connectivity index (χ0n) is 16.4. The van der Waals surface area contributed by atoms with E-state index in [-0.39, 0.29) is 30.6 Å². The molecule has 2 unspecified atom stereocenters. The van der Waals surface area contributed by atoms with Gasteiger partial charge in [0.25, 0.3) is 0 Å². The molecule has 0 bridgehead atoms. The fraction of sp³-hybridized carbons (Fsp3) is 0.409. The Morgan fingerprint density at radius 2 is 2.00 bits per heavy atom. The molecule has 0 radical (unpaired) electrons. The molecule has 1 aromatic carbocycles. The van der Waals surface area contributed by atoms with E-state index in [1.54, 1.807) is 6.20 Å². The van der Waals surface area contributed by atoms with E-state index in [0.717, 1.165) is 30.5 Å². The van der Waals surface area contributed by atoms with Gasteiger partial charge in [-0.15, -0.1) is 0 Å². The molecule has 2 aromatic rings. The maximum absolute atomic E-state index is 13.4.